The average molecular weight is 155 g/mol. The number of hydrogen-bond donors (Lipinski definition) is 0. The van der Waals surface area contributed by atoms with E-state index in [0.717, 1.165) is 6.42 Å². The molecule has 0 aromatic heterocycles. The third-order valence-electron chi connectivity index (χ3n) is 2.09. The molecular weight excluding hydrogens is 142 g/mol. The Morgan fingerprint density at radius 1 is 1.18 bits per heavy atom. The van der Waals surface area contributed by atoms with Crippen LogP contribution in [0.25, 0.3) is 0 Å². The summed E-state index contributed by atoms with van der Waals surface area (Å²) in [5.74, 6) is 0.181. The Balaban J connectivity index is 0.000000281. The zero-order chi connectivity index (χ0) is 8.59. The van der Waals surface area contributed by atoms with Gasteiger partial charge in [0.1, 0.15) is 0 Å². The molecule has 3 heteroatoms. The van der Waals surface area contributed by atoms with Crippen LogP contribution in [0, 0.1) is 11.8 Å². The Labute approximate surface area is 66.4 Å². The first kappa shape index (κ1) is 8.24. The van der Waals surface area contributed by atoms with Gasteiger partial charge in [-0.2, -0.15) is 0 Å². The number of likely N-dealkylation sites (tertiary alicyclic amines) is 1. The summed E-state index contributed by atoms with van der Waals surface area (Å²) in [5.41, 5.74) is 0. The highest BCUT2D eigenvalue weighted by atomic mass is 16.2. The topological polar surface area (TPSA) is 37.4 Å². The molecule has 0 aromatic rings. The quantitative estimate of drug-likeness (QED) is 0.481. The van der Waals surface area contributed by atoms with E-state index in [1.165, 1.54) is 4.90 Å². The zero-order valence-corrected chi connectivity index (χ0v) is 7.13. The zero-order valence-electron chi connectivity index (χ0n) is 7.13. The highest BCUT2D eigenvalue weighted by Gasteiger charge is 2.57. The number of piperidine rings is 1. The van der Waals surface area contributed by atoms with Crippen LogP contribution in [0.1, 0.15) is 20.3 Å². The Kier molecular flexibility index (Phi) is 1.98. The van der Waals surface area contributed by atoms with Gasteiger partial charge in [-0.3, -0.25) is 14.5 Å². The van der Waals surface area contributed by atoms with E-state index in [1.54, 1.807) is 7.05 Å². The molecule has 62 valence electrons. The molecule has 0 spiro atoms. The Hall–Kier alpha value is -0.860. The third-order valence-corrected chi connectivity index (χ3v) is 2.09. The number of rotatable bonds is 0. The lowest BCUT2D eigenvalue weighted by molar-refractivity contribution is -0.139. The van der Waals surface area contributed by atoms with E-state index < -0.39 is 0 Å². The van der Waals surface area contributed by atoms with Crippen molar-refractivity contribution in [3.63, 3.8) is 0 Å². The van der Waals surface area contributed by atoms with E-state index in [2.05, 4.69) is 0 Å². The number of imide groups is 1. The van der Waals surface area contributed by atoms with Gasteiger partial charge in [-0.25, -0.2) is 0 Å². The van der Waals surface area contributed by atoms with Gasteiger partial charge in [0, 0.05) is 7.05 Å². The van der Waals surface area contributed by atoms with Crippen molar-refractivity contribution in [3.8, 4) is 0 Å². The van der Waals surface area contributed by atoms with Gasteiger partial charge in [-0.05, 0) is 6.42 Å². The highest BCUT2D eigenvalue weighted by molar-refractivity contribution is 6.08. The molecule has 1 aliphatic carbocycles. The molecule has 1 aliphatic heterocycles. The largest absolute Gasteiger partial charge is 0.285 e. The molecule has 1 heterocycles. The van der Waals surface area contributed by atoms with Gasteiger partial charge in [-0.1, -0.05) is 13.8 Å². The Morgan fingerprint density at radius 2 is 1.55 bits per heavy atom. The molecule has 2 unspecified atom stereocenters. The van der Waals surface area contributed by atoms with Gasteiger partial charge in [0.15, 0.2) is 0 Å². The lowest BCUT2D eigenvalue weighted by atomic mass is 10.4. The lowest BCUT2D eigenvalue weighted by Crippen LogP contribution is -2.28. The van der Waals surface area contributed by atoms with Crippen molar-refractivity contribution in [2.75, 3.05) is 7.05 Å². The summed E-state index contributed by atoms with van der Waals surface area (Å²) in [5, 5.41) is 0. The smallest absolute Gasteiger partial charge is 0.232 e. The number of carbonyl (C=O) groups is 2. The molecule has 0 bridgehead atoms. The van der Waals surface area contributed by atoms with Gasteiger partial charge in [0.05, 0.1) is 11.8 Å². The standard InChI is InChI=1S/C6H7NO2.C2H6/c1-7-5(8)3-2-4(3)6(7)9;1-2/h3-4H,2H2,1H3;1-2H3. The molecule has 1 saturated heterocycles. The first-order valence-electron chi connectivity index (χ1n) is 4.03. The van der Waals surface area contributed by atoms with Gasteiger partial charge in [-0.15, -0.1) is 0 Å². The third kappa shape index (κ3) is 1.04. The fourth-order valence-corrected chi connectivity index (χ4v) is 1.35. The van der Waals surface area contributed by atoms with Crippen molar-refractivity contribution < 1.29 is 9.59 Å². The van der Waals surface area contributed by atoms with Crippen LogP contribution < -0.4 is 0 Å². The molecule has 1 saturated carbocycles. The van der Waals surface area contributed by atoms with E-state index >= 15 is 0 Å². The maximum absolute atomic E-state index is 10.9. The summed E-state index contributed by atoms with van der Waals surface area (Å²) < 4.78 is 0. The summed E-state index contributed by atoms with van der Waals surface area (Å²) >= 11 is 0. The molecule has 2 rings (SSSR count). The summed E-state index contributed by atoms with van der Waals surface area (Å²) in [4.78, 5) is 23.0. The molecule has 11 heavy (non-hydrogen) atoms. The van der Waals surface area contributed by atoms with Crippen LogP contribution in [-0.2, 0) is 9.59 Å². The fraction of sp³-hybridized carbons (Fsp3) is 0.750. The Morgan fingerprint density at radius 3 is 1.73 bits per heavy atom. The maximum atomic E-state index is 10.9. The van der Waals surface area contributed by atoms with Crippen molar-refractivity contribution in [3.05, 3.63) is 0 Å². The minimum atomic E-state index is 0.0185. The second kappa shape index (κ2) is 2.64. The van der Waals surface area contributed by atoms with Gasteiger partial charge >= 0.3 is 0 Å². The summed E-state index contributed by atoms with van der Waals surface area (Å²) in [7, 11) is 1.55. The van der Waals surface area contributed by atoms with E-state index in [0.29, 0.717) is 0 Å². The van der Waals surface area contributed by atoms with Gasteiger partial charge < -0.3 is 0 Å². The molecule has 3 nitrogen and oxygen atoms in total. The van der Waals surface area contributed by atoms with Crippen LogP contribution in [0.15, 0.2) is 0 Å². The first-order valence-corrected chi connectivity index (χ1v) is 4.03. The van der Waals surface area contributed by atoms with Crippen LogP contribution >= 0.6 is 0 Å². The number of amides is 2. The van der Waals surface area contributed by atoms with E-state index in [4.69, 9.17) is 0 Å². The lowest BCUT2D eigenvalue weighted by Gasteiger charge is -2.06. The van der Waals surface area contributed by atoms with E-state index in [-0.39, 0.29) is 23.7 Å². The predicted molar refractivity (Wildman–Crippen MR) is 40.7 cm³/mol. The van der Waals surface area contributed by atoms with E-state index in [9.17, 15) is 9.59 Å². The van der Waals surface area contributed by atoms with E-state index in [1.807, 2.05) is 13.8 Å². The second-order valence-corrected chi connectivity index (χ2v) is 2.68. The first-order chi connectivity index (χ1) is 5.22. The molecule has 2 aliphatic rings. The second-order valence-electron chi connectivity index (χ2n) is 2.68. The van der Waals surface area contributed by atoms with Gasteiger partial charge in [0.2, 0.25) is 11.8 Å². The summed E-state index contributed by atoms with van der Waals surface area (Å²) in [6.45, 7) is 4.00. The van der Waals surface area contributed by atoms with Crippen LogP contribution in [0.5, 0.6) is 0 Å². The Bertz CT molecular complexity index is 180. The molecule has 2 amide bonds. The molecule has 2 atom stereocenters. The number of fused-ring (bicyclic) bond motifs is 1. The minimum Gasteiger partial charge on any atom is -0.285 e. The summed E-state index contributed by atoms with van der Waals surface area (Å²) in [6.07, 6.45) is 0.808. The molecule has 0 N–H and O–H groups in total. The molecular formula is C8H13NO2. The fourth-order valence-electron chi connectivity index (χ4n) is 1.35. The van der Waals surface area contributed by atoms with Crippen LogP contribution in [0.3, 0.4) is 0 Å². The maximum Gasteiger partial charge on any atom is 0.232 e. The normalized spacial score (nSPS) is 32.8. The van der Waals surface area contributed by atoms with Crippen molar-refractivity contribution >= 4 is 11.8 Å². The monoisotopic (exact) mass is 155 g/mol. The van der Waals surface area contributed by atoms with Crippen LogP contribution in [0.2, 0.25) is 0 Å². The van der Waals surface area contributed by atoms with Crippen molar-refractivity contribution in [2.24, 2.45) is 11.8 Å². The predicted octanol–water partition coefficient (Wildman–Crippen LogP) is 0.647. The van der Waals surface area contributed by atoms with Crippen LogP contribution in [0.4, 0.5) is 0 Å². The molecule has 0 radical (unpaired) electrons. The number of nitrogens with zero attached hydrogens (tertiary/aromatic N) is 1. The average Bonchev–Trinajstić information content (AvgIpc) is 2.79. The number of hydrogen-bond acceptors (Lipinski definition) is 2. The van der Waals surface area contributed by atoms with Crippen molar-refractivity contribution in [1.82, 2.24) is 4.90 Å². The minimum absolute atomic E-state index is 0.0185. The molecule has 0 aromatic carbocycles. The van der Waals surface area contributed by atoms with Gasteiger partial charge in [0.25, 0.3) is 0 Å². The molecule has 2 fully saturated rings. The number of carbonyl (C=O) groups excluding carboxylic acids is 2. The van der Waals surface area contributed by atoms with Crippen LogP contribution in [-0.4, -0.2) is 23.8 Å². The summed E-state index contributed by atoms with van der Waals surface area (Å²) in [6, 6.07) is 0. The highest BCUT2D eigenvalue weighted by Crippen LogP contribution is 2.46. The van der Waals surface area contributed by atoms with Crippen molar-refractivity contribution in [1.29, 1.82) is 0 Å². The SMILES string of the molecule is CC.CN1C(=O)C2CC2C1=O. The van der Waals surface area contributed by atoms with Crippen molar-refractivity contribution in [2.45, 2.75) is 20.3 Å².